The molecule has 0 atom stereocenters. The van der Waals surface area contributed by atoms with Crippen molar-refractivity contribution >= 4 is 11.8 Å². The Morgan fingerprint density at radius 2 is 1.61 bits per heavy atom. The van der Waals surface area contributed by atoms with Gasteiger partial charge in [0.2, 0.25) is 5.91 Å². The summed E-state index contributed by atoms with van der Waals surface area (Å²) in [6.07, 6.45) is 7.07. The number of hydrogen-bond donors (Lipinski definition) is 1. The van der Waals surface area contributed by atoms with Gasteiger partial charge in [0.15, 0.2) is 0 Å². The first-order chi connectivity index (χ1) is 16.1. The van der Waals surface area contributed by atoms with Gasteiger partial charge in [-0.3, -0.25) is 19.4 Å². The van der Waals surface area contributed by atoms with E-state index in [1.165, 1.54) is 24.8 Å². The summed E-state index contributed by atoms with van der Waals surface area (Å²) in [5.74, 6) is 0.189. The number of hydrogen-bond acceptors (Lipinski definition) is 5. The van der Waals surface area contributed by atoms with Crippen molar-refractivity contribution in [1.29, 1.82) is 0 Å². The van der Waals surface area contributed by atoms with Crippen LogP contribution in [0.4, 0.5) is 0 Å². The van der Waals surface area contributed by atoms with Crippen molar-refractivity contribution in [3.8, 4) is 0 Å². The largest absolute Gasteiger partial charge is 0.379 e. The van der Waals surface area contributed by atoms with Crippen LogP contribution in [0.15, 0.2) is 24.3 Å². The van der Waals surface area contributed by atoms with Gasteiger partial charge in [0, 0.05) is 56.9 Å². The molecule has 1 N–H and O–H groups in total. The molecule has 3 aliphatic rings. The monoisotopic (exact) mass is 456 g/mol. The Morgan fingerprint density at radius 3 is 2.24 bits per heavy atom. The molecule has 1 aromatic rings. The van der Waals surface area contributed by atoms with Crippen LogP contribution in [0.25, 0.3) is 0 Å². The number of benzene rings is 1. The van der Waals surface area contributed by atoms with Gasteiger partial charge in [0.1, 0.15) is 0 Å². The summed E-state index contributed by atoms with van der Waals surface area (Å²) in [4.78, 5) is 32.2. The molecule has 3 fully saturated rings. The minimum atomic E-state index is 0.0894. The molecule has 7 nitrogen and oxygen atoms in total. The molecule has 1 saturated carbocycles. The van der Waals surface area contributed by atoms with Crippen LogP contribution < -0.4 is 5.32 Å². The molecule has 7 heteroatoms. The van der Waals surface area contributed by atoms with E-state index in [0.29, 0.717) is 19.6 Å². The number of rotatable bonds is 7. The Balaban J connectivity index is 1.23. The summed E-state index contributed by atoms with van der Waals surface area (Å²) < 4.78 is 5.56. The molecule has 0 aromatic heterocycles. The number of morpholine rings is 1. The molecule has 1 aliphatic carbocycles. The van der Waals surface area contributed by atoms with Gasteiger partial charge in [-0.05, 0) is 37.0 Å². The third kappa shape index (κ3) is 6.14. The van der Waals surface area contributed by atoms with E-state index in [-0.39, 0.29) is 17.4 Å². The maximum absolute atomic E-state index is 12.8. The Morgan fingerprint density at radius 1 is 0.939 bits per heavy atom. The van der Waals surface area contributed by atoms with Crippen molar-refractivity contribution in [1.82, 2.24) is 20.0 Å². The number of amides is 2. The second-order valence-electron chi connectivity index (χ2n) is 9.78. The highest BCUT2D eigenvalue weighted by atomic mass is 16.5. The molecule has 182 valence electrons. The molecule has 2 aliphatic heterocycles. The quantitative estimate of drug-likeness (QED) is 0.681. The van der Waals surface area contributed by atoms with Crippen LogP contribution in [0.3, 0.4) is 0 Å². The van der Waals surface area contributed by atoms with E-state index in [2.05, 4.69) is 22.0 Å². The molecular weight excluding hydrogens is 416 g/mol. The fourth-order valence-corrected chi connectivity index (χ4v) is 5.55. The molecule has 2 saturated heterocycles. The van der Waals surface area contributed by atoms with E-state index in [9.17, 15) is 9.59 Å². The summed E-state index contributed by atoms with van der Waals surface area (Å²) in [5, 5.41) is 3.26. The van der Waals surface area contributed by atoms with Gasteiger partial charge in [0.25, 0.3) is 5.91 Å². The van der Waals surface area contributed by atoms with Crippen molar-refractivity contribution in [3.05, 3.63) is 35.4 Å². The third-order valence-electron chi connectivity index (χ3n) is 7.72. The number of carbonyl (C=O) groups is 2. The highest BCUT2D eigenvalue weighted by Crippen LogP contribution is 2.33. The lowest BCUT2D eigenvalue weighted by Crippen LogP contribution is -2.60. The topological polar surface area (TPSA) is 65.1 Å². The number of nitrogens with one attached hydrogen (secondary N) is 1. The number of ether oxygens (including phenoxy) is 1. The number of piperazine rings is 1. The van der Waals surface area contributed by atoms with E-state index in [0.717, 1.165) is 70.8 Å². The Labute approximate surface area is 198 Å². The zero-order chi connectivity index (χ0) is 23.1. The van der Waals surface area contributed by atoms with Crippen molar-refractivity contribution in [2.45, 2.75) is 51.0 Å². The van der Waals surface area contributed by atoms with Gasteiger partial charge in [-0.15, -0.1) is 0 Å². The predicted octanol–water partition coefficient (Wildman–Crippen LogP) is 2.16. The van der Waals surface area contributed by atoms with Crippen molar-refractivity contribution in [3.63, 3.8) is 0 Å². The Hall–Kier alpha value is -1.96. The summed E-state index contributed by atoms with van der Waals surface area (Å²) in [6.45, 7) is 9.58. The number of aryl methyl sites for hydroxylation is 1. The lowest BCUT2D eigenvalue weighted by atomic mass is 9.79. The Kier molecular flexibility index (Phi) is 8.39. The van der Waals surface area contributed by atoms with Gasteiger partial charge in [-0.25, -0.2) is 0 Å². The summed E-state index contributed by atoms with van der Waals surface area (Å²) in [5.41, 5.74) is 2.08. The summed E-state index contributed by atoms with van der Waals surface area (Å²) >= 11 is 0. The van der Waals surface area contributed by atoms with Crippen molar-refractivity contribution in [2.24, 2.45) is 0 Å². The minimum absolute atomic E-state index is 0.0894. The average Bonchev–Trinajstić information content (AvgIpc) is 2.89. The second kappa shape index (κ2) is 11.4. The zero-order valence-corrected chi connectivity index (χ0v) is 20.2. The molecule has 2 heterocycles. The number of nitrogens with zero attached hydrogens (tertiary/aromatic N) is 3. The standard InChI is InChI=1S/C26H40N4O3/c1-2-22-6-8-23(9-7-22)25(32)29-14-12-28(13-15-29)20-24(31)27-21-26(10-4-3-5-11-26)30-16-18-33-19-17-30/h6-9H,2-5,10-21H2,1H3,(H,27,31). The molecule has 33 heavy (non-hydrogen) atoms. The van der Waals surface area contributed by atoms with E-state index in [1.54, 1.807) is 0 Å². The summed E-state index contributed by atoms with van der Waals surface area (Å²) in [7, 11) is 0. The molecular formula is C26H40N4O3. The molecule has 0 unspecified atom stereocenters. The maximum Gasteiger partial charge on any atom is 0.253 e. The van der Waals surface area contributed by atoms with E-state index in [1.807, 2.05) is 29.2 Å². The first-order valence-electron chi connectivity index (χ1n) is 12.8. The normalized spacial score (nSPS) is 22.2. The first kappa shape index (κ1) is 24.2. The van der Waals surface area contributed by atoms with Crippen molar-refractivity contribution < 1.29 is 14.3 Å². The van der Waals surface area contributed by atoms with Crippen LogP contribution in [-0.4, -0.2) is 97.6 Å². The Bertz CT molecular complexity index is 777. The lowest BCUT2D eigenvalue weighted by molar-refractivity contribution is -0.123. The SMILES string of the molecule is CCc1ccc(C(=O)N2CCN(CC(=O)NCC3(N4CCOCC4)CCCCC3)CC2)cc1. The van der Waals surface area contributed by atoms with Crippen LogP contribution in [0.5, 0.6) is 0 Å². The summed E-state index contributed by atoms with van der Waals surface area (Å²) in [6, 6.07) is 7.92. The van der Waals surface area contributed by atoms with Crippen LogP contribution in [0, 0.1) is 0 Å². The molecule has 0 radical (unpaired) electrons. The molecule has 2 amide bonds. The average molecular weight is 457 g/mol. The lowest BCUT2D eigenvalue weighted by Gasteiger charge is -2.48. The van der Waals surface area contributed by atoms with E-state index < -0.39 is 0 Å². The highest BCUT2D eigenvalue weighted by molar-refractivity contribution is 5.94. The predicted molar refractivity (Wildman–Crippen MR) is 129 cm³/mol. The van der Waals surface area contributed by atoms with Crippen LogP contribution in [-0.2, 0) is 16.0 Å². The highest BCUT2D eigenvalue weighted by Gasteiger charge is 2.39. The van der Waals surface area contributed by atoms with E-state index >= 15 is 0 Å². The fraction of sp³-hybridized carbons (Fsp3) is 0.692. The fourth-order valence-electron chi connectivity index (χ4n) is 5.55. The third-order valence-corrected chi connectivity index (χ3v) is 7.72. The molecule has 0 bridgehead atoms. The van der Waals surface area contributed by atoms with Gasteiger partial charge in [-0.2, -0.15) is 0 Å². The molecule has 4 rings (SSSR count). The zero-order valence-electron chi connectivity index (χ0n) is 20.2. The van der Waals surface area contributed by atoms with Gasteiger partial charge in [-0.1, -0.05) is 38.3 Å². The van der Waals surface area contributed by atoms with Crippen LogP contribution in [0.2, 0.25) is 0 Å². The van der Waals surface area contributed by atoms with Gasteiger partial charge < -0.3 is 15.0 Å². The second-order valence-corrected chi connectivity index (χ2v) is 9.78. The van der Waals surface area contributed by atoms with E-state index in [4.69, 9.17) is 4.74 Å². The smallest absolute Gasteiger partial charge is 0.253 e. The van der Waals surface area contributed by atoms with Crippen LogP contribution in [0.1, 0.15) is 54.9 Å². The van der Waals surface area contributed by atoms with Crippen molar-refractivity contribution in [2.75, 3.05) is 65.6 Å². The number of carbonyl (C=O) groups excluding carboxylic acids is 2. The maximum atomic E-state index is 12.8. The molecule has 1 aromatic carbocycles. The van der Waals surface area contributed by atoms with Gasteiger partial charge in [0.05, 0.1) is 19.8 Å². The molecule has 0 spiro atoms. The van der Waals surface area contributed by atoms with Crippen LogP contribution >= 0.6 is 0 Å². The first-order valence-corrected chi connectivity index (χ1v) is 12.8. The van der Waals surface area contributed by atoms with Gasteiger partial charge >= 0.3 is 0 Å². The minimum Gasteiger partial charge on any atom is -0.379 e.